The van der Waals surface area contributed by atoms with Crippen LogP contribution in [-0.2, 0) is 16.0 Å². The highest BCUT2D eigenvalue weighted by Gasteiger charge is 2.26. The number of carbonyl (C=O) groups is 2. The maximum atomic E-state index is 13.3. The molecular weight excluding hydrogens is 383 g/mol. The molecule has 0 bridgehead atoms. The zero-order valence-electron chi connectivity index (χ0n) is 17.5. The lowest BCUT2D eigenvalue weighted by Gasteiger charge is -2.37. The Kier molecular flexibility index (Phi) is 7.54. The van der Waals surface area contributed by atoms with Crippen molar-refractivity contribution in [2.75, 3.05) is 43.4 Å². The first-order valence-electron chi connectivity index (χ1n) is 10.4. The van der Waals surface area contributed by atoms with Crippen LogP contribution in [0.5, 0.6) is 0 Å². The van der Waals surface area contributed by atoms with E-state index in [1.807, 2.05) is 31.2 Å². The van der Waals surface area contributed by atoms with E-state index in [2.05, 4.69) is 27.4 Å². The summed E-state index contributed by atoms with van der Waals surface area (Å²) in [7, 11) is 0. The van der Waals surface area contributed by atoms with Gasteiger partial charge in [-0.05, 0) is 49.2 Å². The first kappa shape index (κ1) is 21.9. The van der Waals surface area contributed by atoms with Gasteiger partial charge in [-0.25, -0.2) is 4.39 Å². The molecule has 0 aliphatic carbocycles. The second-order valence-electron chi connectivity index (χ2n) is 7.59. The van der Waals surface area contributed by atoms with Gasteiger partial charge in [-0.15, -0.1) is 0 Å². The highest BCUT2D eigenvalue weighted by molar-refractivity contribution is 5.94. The van der Waals surface area contributed by atoms with Crippen molar-refractivity contribution in [1.82, 2.24) is 9.80 Å². The Balaban J connectivity index is 1.43. The second kappa shape index (κ2) is 10.3. The van der Waals surface area contributed by atoms with Gasteiger partial charge in [0.2, 0.25) is 11.8 Å². The molecule has 7 heteroatoms. The van der Waals surface area contributed by atoms with Crippen molar-refractivity contribution in [3.05, 3.63) is 59.9 Å². The monoisotopic (exact) mass is 412 g/mol. The minimum Gasteiger partial charge on any atom is -0.325 e. The number of halogens is 1. The quantitative estimate of drug-likeness (QED) is 0.734. The zero-order chi connectivity index (χ0) is 21.5. The largest absolute Gasteiger partial charge is 0.325 e. The van der Waals surface area contributed by atoms with Crippen LogP contribution in [0.1, 0.15) is 19.4 Å². The number of hydrogen-bond acceptors (Lipinski definition) is 4. The molecule has 2 N–H and O–H groups in total. The van der Waals surface area contributed by atoms with Gasteiger partial charge in [-0.1, -0.05) is 25.1 Å². The lowest BCUT2D eigenvalue weighted by Crippen LogP contribution is -2.53. The van der Waals surface area contributed by atoms with Gasteiger partial charge in [0.1, 0.15) is 5.82 Å². The molecule has 2 aromatic carbocycles. The number of piperazine rings is 1. The summed E-state index contributed by atoms with van der Waals surface area (Å²) in [4.78, 5) is 29.0. The number of benzene rings is 2. The van der Waals surface area contributed by atoms with E-state index in [0.717, 1.165) is 12.1 Å². The van der Waals surface area contributed by atoms with Gasteiger partial charge in [0.15, 0.2) is 0 Å². The van der Waals surface area contributed by atoms with Crippen molar-refractivity contribution in [3.8, 4) is 0 Å². The Morgan fingerprint density at radius 1 is 1.00 bits per heavy atom. The van der Waals surface area contributed by atoms with E-state index in [1.54, 1.807) is 12.1 Å². The predicted molar refractivity (Wildman–Crippen MR) is 117 cm³/mol. The van der Waals surface area contributed by atoms with Crippen LogP contribution in [0.2, 0.25) is 0 Å². The van der Waals surface area contributed by atoms with Gasteiger partial charge in [-0.3, -0.25) is 19.4 Å². The number of aryl methyl sites for hydroxylation is 1. The number of anilines is 2. The van der Waals surface area contributed by atoms with Gasteiger partial charge < -0.3 is 10.6 Å². The Hall–Kier alpha value is -2.77. The smallest absolute Gasteiger partial charge is 0.241 e. The van der Waals surface area contributed by atoms with Crippen LogP contribution in [0.25, 0.3) is 0 Å². The maximum Gasteiger partial charge on any atom is 0.241 e. The van der Waals surface area contributed by atoms with Crippen LogP contribution in [0.3, 0.4) is 0 Å². The summed E-state index contributed by atoms with van der Waals surface area (Å²) in [6, 6.07) is 13.4. The molecule has 160 valence electrons. The summed E-state index contributed by atoms with van der Waals surface area (Å²) >= 11 is 0. The fourth-order valence-corrected chi connectivity index (χ4v) is 3.51. The Morgan fingerprint density at radius 3 is 2.33 bits per heavy atom. The fraction of sp³-hybridized carbons (Fsp3) is 0.391. The molecule has 1 unspecified atom stereocenters. The topological polar surface area (TPSA) is 64.7 Å². The standard InChI is InChI=1S/C23H29FN4O2/c1-3-18-7-9-20(10-8-18)25-22(29)16-27-11-13-28(14-12-27)17(2)23(30)26-21-6-4-5-19(24)15-21/h4-10,15,17H,3,11-14,16H2,1-2H3,(H,25,29)(H,26,30). The zero-order valence-corrected chi connectivity index (χ0v) is 17.5. The Bertz CT molecular complexity index is 864. The van der Waals surface area contributed by atoms with E-state index >= 15 is 0 Å². The molecule has 0 saturated carbocycles. The van der Waals surface area contributed by atoms with Gasteiger partial charge in [0, 0.05) is 37.6 Å². The molecular formula is C23H29FN4O2. The van der Waals surface area contributed by atoms with Crippen molar-refractivity contribution in [2.45, 2.75) is 26.3 Å². The van der Waals surface area contributed by atoms with Crippen molar-refractivity contribution < 1.29 is 14.0 Å². The van der Waals surface area contributed by atoms with Crippen LogP contribution in [-0.4, -0.2) is 60.4 Å². The van der Waals surface area contributed by atoms with E-state index in [0.29, 0.717) is 38.4 Å². The molecule has 30 heavy (non-hydrogen) atoms. The van der Waals surface area contributed by atoms with Gasteiger partial charge in [0.25, 0.3) is 0 Å². The summed E-state index contributed by atoms with van der Waals surface area (Å²) in [6.45, 7) is 7.06. The van der Waals surface area contributed by atoms with Crippen LogP contribution in [0.15, 0.2) is 48.5 Å². The van der Waals surface area contributed by atoms with Crippen LogP contribution >= 0.6 is 0 Å². The van der Waals surface area contributed by atoms with E-state index < -0.39 is 0 Å². The number of amides is 2. The number of hydrogen-bond donors (Lipinski definition) is 2. The molecule has 6 nitrogen and oxygen atoms in total. The van der Waals surface area contributed by atoms with Gasteiger partial charge in [-0.2, -0.15) is 0 Å². The number of nitrogens with one attached hydrogen (secondary N) is 2. The highest BCUT2D eigenvalue weighted by atomic mass is 19.1. The molecule has 1 fully saturated rings. The van der Waals surface area contributed by atoms with E-state index in [-0.39, 0.29) is 23.7 Å². The fourth-order valence-electron chi connectivity index (χ4n) is 3.51. The predicted octanol–water partition coefficient (Wildman–Crippen LogP) is 2.97. The summed E-state index contributed by atoms with van der Waals surface area (Å²) in [5.41, 5.74) is 2.49. The lowest BCUT2D eigenvalue weighted by molar-refractivity contribution is -0.122. The summed E-state index contributed by atoms with van der Waals surface area (Å²) < 4.78 is 13.3. The van der Waals surface area contributed by atoms with E-state index in [1.165, 1.54) is 17.7 Å². The molecule has 1 saturated heterocycles. The first-order valence-corrected chi connectivity index (χ1v) is 10.4. The Morgan fingerprint density at radius 2 is 1.70 bits per heavy atom. The highest BCUT2D eigenvalue weighted by Crippen LogP contribution is 2.13. The summed E-state index contributed by atoms with van der Waals surface area (Å²) in [6.07, 6.45) is 0.969. The SMILES string of the molecule is CCc1ccc(NC(=O)CN2CCN(C(C)C(=O)Nc3cccc(F)c3)CC2)cc1. The summed E-state index contributed by atoms with van der Waals surface area (Å²) in [5.74, 6) is -0.583. The number of rotatable bonds is 7. The van der Waals surface area contributed by atoms with Crippen LogP contribution < -0.4 is 10.6 Å². The van der Waals surface area contributed by atoms with E-state index in [9.17, 15) is 14.0 Å². The average Bonchev–Trinajstić information content (AvgIpc) is 2.74. The molecule has 2 amide bonds. The third-order valence-corrected chi connectivity index (χ3v) is 5.44. The molecule has 0 spiro atoms. The van der Waals surface area contributed by atoms with Crippen molar-refractivity contribution in [1.29, 1.82) is 0 Å². The minimum atomic E-state index is -0.381. The molecule has 3 rings (SSSR count). The molecule has 1 aliphatic rings. The lowest BCUT2D eigenvalue weighted by atomic mass is 10.1. The first-order chi connectivity index (χ1) is 14.4. The third-order valence-electron chi connectivity index (χ3n) is 5.44. The number of nitrogens with zero attached hydrogens (tertiary/aromatic N) is 2. The van der Waals surface area contributed by atoms with Gasteiger partial charge in [0.05, 0.1) is 12.6 Å². The van der Waals surface area contributed by atoms with Crippen molar-refractivity contribution in [3.63, 3.8) is 0 Å². The minimum absolute atomic E-state index is 0.0374. The summed E-state index contributed by atoms with van der Waals surface area (Å²) in [5, 5.41) is 5.70. The van der Waals surface area contributed by atoms with Crippen LogP contribution in [0.4, 0.5) is 15.8 Å². The Labute approximate surface area is 177 Å². The maximum absolute atomic E-state index is 13.3. The molecule has 0 radical (unpaired) electrons. The number of carbonyl (C=O) groups excluding carboxylic acids is 2. The molecule has 1 atom stereocenters. The van der Waals surface area contributed by atoms with Crippen molar-refractivity contribution >= 4 is 23.2 Å². The molecule has 2 aromatic rings. The average molecular weight is 413 g/mol. The van der Waals surface area contributed by atoms with E-state index in [4.69, 9.17) is 0 Å². The van der Waals surface area contributed by atoms with Gasteiger partial charge >= 0.3 is 0 Å². The van der Waals surface area contributed by atoms with Crippen LogP contribution in [0, 0.1) is 5.82 Å². The molecule has 1 aliphatic heterocycles. The third kappa shape index (κ3) is 6.11. The second-order valence-corrected chi connectivity index (χ2v) is 7.59. The normalized spacial score (nSPS) is 16.1. The molecule has 1 heterocycles. The molecule has 0 aromatic heterocycles. The van der Waals surface area contributed by atoms with Crippen molar-refractivity contribution in [2.24, 2.45) is 0 Å².